The van der Waals surface area contributed by atoms with Crippen LogP contribution in [0.5, 0.6) is 0 Å². The number of aromatic amines is 1. The Balaban J connectivity index is 1.50. The van der Waals surface area contributed by atoms with Gasteiger partial charge in [-0.05, 0) is 43.5 Å². The third-order valence-electron chi connectivity index (χ3n) is 3.54. The van der Waals surface area contributed by atoms with Crippen LogP contribution in [0.1, 0.15) is 28.2 Å². The van der Waals surface area contributed by atoms with Gasteiger partial charge in [0.25, 0.3) is 0 Å². The Kier molecular flexibility index (Phi) is 4.96. The van der Waals surface area contributed by atoms with Crippen molar-refractivity contribution < 1.29 is 9.53 Å². The number of hydrogen-bond donors (Lipinski definition) is 1. The van der Waals surface area contributed by atoms with Crippen LogP contribution < -0.4 is 0 Å². The Labute approximate surface area is 139 Å². The van der Waals surface area contributed by atoms with Gasteiger partial charge in [0.2, 0.25) is 0 Å². The molecule has 3 aromatic rings. The van der Waals surface area contributed by atoms with Gasteiger partial charge in [-0.25, -0.2) is 9.78 Å². The molecule has 0 aliphatic rings. The van der Waals surface area contributed by atoms with Crippen LogP contribution in [0.15, 0.2) is 48.8 Å². The number of ether oxygens (including phenoxy) is 1. The molecule has 24 heavy (non-hydrogen) atoms. The van der Waals surface area contributed by atoms with Crippen molar-refractivity contribution in [2.24, 2.45) is 0 Å². The third-order valence-corrected chi connectivity index (χ3v) is 3.54. The molecule has 1 N–H and O–H groups in total. The molecule has 0 amide bonds. The third kappa shape index (κ3) is 4.04. The summed E-state index contributed by atoms with van der Waals surface area (Å²) in [6.45, 7) is 2.23. The number of nitrogens with zero attached hydrogens (tertiary/aromatic N) is 3. The quantitative estimate of drug-likeness (QED) is 0.557. The molecule has 0 saturated carbocycles. The predicted octanol–water partition coefficient (Wildman–Crippen LogP) is 2.96. The maximum Gasteiger partial charge on any atom is 0.338 e. The largest absolute Gasteiger partial charge is 0.462 e. The minimum absolute atomic E-state index is 0.320. The number of esters is 1. The second kappa shape index (κ2) is 7.50. The number of carbonyl (C=O) groups excluding carboxylic acids is 1. The van der Waals surface area contributed by atoms with Crippen molar-refractivity contribution in [3.8, 4) is 11.4 Å². The van der Waals surface area contributed by atoms with E-state index in [4.69, 9.17) is 4.74 Å². The van der Waals surface area contributed by atoms with E-state index in [0.29, 0.717) is 18.0 Å². The number of carbonyl (C=O) groups is 1. The second-order valence-electron chi connectivity index (χ2n) is 5.42. The topological polar surface area (TPSA) is 80.8 Å². The molecule has 0 spiro atoms. The minimum Gasteiger partial charge on any atom is -0.462 e. The summed E-state index contributed by atoms with van der Waals surface area (Å²) < 4.78 is 5.30. The lowest BCUT2D eigenvalue weighted by atomic mass is 10.1. The van der Waals surface area contributed by atoms with Crippen molar-refractivity contribution in [2.45, 2.75) is 19.8 Å². The fourth-order valence-electron chi connectivity index (χ4n) is 2.30. The van der Waals surface area contributed by atoms with Crippen LogP contribution in [0, 0.1) is 6.92 Å². The lowest BCUT2D eigenvalue weighted by Gasteiger charge is -2.05. The first-order valence-electron chi connectivity index (χ1n) is 7.78. The number of nitrogens with one attached hydrogen (secondary N) is 1. The number of H-pyrrole nitrogens is 1. The highest BCUT2D eigenvalue weighted by Crippen LogP contribution is 2.16. The van der Waals surface area contributed by atoms with Gasteiger partial charge in [-0.1, -0.05) is 18.2 Å². The molecule has 0 aliphatic heterocycles. The molecule has 0 bridgehead atoms. The normalized spacial score (nSPS) is 10.5. The van der Waals surface area contributed by atoms with Gasteiger partial charge in [-0.3, -0.25) is 10.1 Å². The standard InChI is InChI=1S/C18H18N4O2/c1-13-20-17(22-21-13)15-6-8-16(9-7-15)18(23)24-11-3-5-14-4-2-10-19-12-14/h2,4,6-10,12H,3,5,11H2,1H3,(H,20,21,22). The molecule has 6 nitrogen and oxygen atoms in total. The minimum atomic E-state index is -0.320. The summed E-state index contributed by atoms with van der Waals surface area (Å²) in [5.74, 6) is 1.05. The number of rotatable bonds is 6. The van der Waals surface area contributed by atoms with Gasteiger partial charge in [0.05, 0.1) is 12.2 Å². The number of aryl methyl sites for hydroxylation is 2. The highest BCUT2D eigenvalue weighted by atomic mass is 16.5. The lowest BCUT2D eigenvalue weighted by Crippen LogP contribution is -2.07. The van der Waals surface area contributed by atoms with Crippen LogP contribution in [0.3, 0.4) is 0 Å². The maximum absolute atomic E-state index is 12.0. The molecule has 2 aromatic heterocycles. The molecular formula is C18H18N4O2. The van der Waals surface area contributed by atoms with E-state index in [2.05, 4.69) is 20.2 Å². The molecule has 0 atom stereocenters. The van der Waals surface area contributed by atoms with Crippen LogP contribution >= 0.6 is 0 Å². The van der Waals surface area contributed by atoms with E-state index in [9.17, 15) is 4.79 Å². The van der Waals surface area contributed by atoms with E-state index in [1.165, 1.54) is 0 Å². The maximum atomic E-state index is 12.0. The fraction of sp³-hybridized carbons (Fsp3) is 0.222. The van der Waals surface area contributed by atoms with Crippen molar-refractivity contribution in [1.29, 1.82) is 0 Å². The molecule has 0 saturated heterocycles. The van der Waals surface area contributed by atoms with Gasteiger partial charge in [-0.15, -0.1) is 0 Å². The lowest BCUT2D eigenvalue weighted by molar-refractivity contribution is 0.0500. The summed E-state index contributed by atoms with van der Waals surface area (Å²) in [6, 6.07) is 11.0. The molecule has 2 heterocycles. The number of aromatic nitrogens is 4. The first-order chi connectivity index (χ1) is 11.7. The summed E-state index contributed by atoms with van der Waals surface area (Å²) in [4.78, 5) is 20.4. The van der Waals surface area contributed by atoms with Crippen LogP contribution in [-0.2, 0) is 11.2 Å². The summed E-state index contributed by atoms with van der Waals surface area (Å²) in [7, 11) is 0. The van der Waals surface area contributed by atoms with Crippen LogP contribution in [0.4, 0.5) is 0 Å². The highest BCUT2D eigenvalue weighted by molar-refractivity contribution is 5.89. The zero-order chi connectivity index (χ0) is 16.8. The Hall–Kier alpha value is -3.02. The van der Waals surface area contributed by atoms with Gasteiger partial charge >= 0.3 is 5.97 Å². The number of benzene rings is 1. The summed E-state index contributed by atoms with van der Waals surface area (Å²) in [5.41, 5.74) is 2.51. The SMILES string of the molecule is Cc1nc(-c2ccc(C(=O)OCCCc3cccnc3)cc2)n[nH]1. The zero-order valence-electron chi connectivity index (χ0n) is 13.4. The van der Waals surface area contributed by atoms with Crippen LogP contribution in [0.2, 0.25) is 0 Å². The Bertz CT molecular complexity index is 797. The molecule has 3 rings (SSSR count). The smallest absolute Gasteiger partial charge is 0.338 e. The van der Waals surface area contributed by atoms with Crippen molar-refractivity contribution in [3.63, 3.8) is 0 Å². The van der Waals surface area contributed by atoms with E-state index in [1.807, 2.05) is 37.4 Å². The molecule has 122 valence electrons. The van der Waals surface area contributed by atoms with Gasteiger partial charge in [-0.2, -0.15) is 5.10 Å². The van der Waals surface area contributed by atoms with Crippen molar-refractivity contribution in [1.82, 2.24) is 20.2 Å². The monoisotopic (exact) mass is 322 g/mol. The summed E-state index contributed by atoms with van der Waals surface area (Å²) >= 11 is 0. The molecule has 0 unspecified atom stereocenters. The van der Waals surface area contributed by atoms with Gasteiger partial charge in [0, 0.05) is 18.0 Å². The van der Waals surface area contributed by atoms with Gasteiger partial charge < -0.3 is 4.74 Å². The highest BCUT2D eigenvalue weighted by Gasteiger charge is 2.09. The Morgan fingerprint density at radius 3 is 2.71 bits per heavy atom. The van der Waals surface area contributed by atoms with Crippen molar-refractivity contribution in [2.75, 3.05) is 6.61 Å². The second-order valence-corrected chi connectivity index (χ2v) is 5.42. The van der Waals surface area contributed by atoms with Crippen LogP contribution in [-0.4, -0.2) is 32.7 Å². The number of hydrogen-bond acceptors (Lipinski definition) is 5. The Morgan fingerprint density at radius 1 is 1.21 bits per heavy atom. The molecule has 0 fully saturated rings. The molecular weight excluding hydrogens is 304 g/mol. The average Bonchev–Trinajstić information content (AvgIpc) is 3.06. The van der Waals surface area contributed by atoms with Gasteiger partial charge in [0.1, 0.15) is 5.82 Å². The van der Waals surface area contributed by atoms with E-state index in [1.54, 1.807) is 18.3 Å². The van der Waals surface area contributed by atoms with E-state index >= 15 is 0 Å². The summed E-state index contributed by atoms with van der Waals surface area (Å²) in [6.07, 6.45) is 5.18. The first kappa shape index (κ1) is 15.9. The molecule has 1 aromatic carbocycles. The molecule has 6 heteroatoms. The Morgan fingerprint density at radius 2 is 2.04 bits per heavy atom. The van der Waals surface area contributed by atoms with Gasteiger partial charge in [0.15, 0.2) is 5.82 Å². The number of pyridine rings is 1. The van der Waals surface area contributed by atoms with Crippen LogP contribution in [0.25, 0.3) is 11.4 Å². The van der Waals surface area contributed by atoms with E-state index in [-0.39, 0.29) is 5.97 Å². The van der Waals surface area contributed by atoms with E-state index in [0.717, 1.165) is 29.8 Å². The zero-order valence-corrected chi connectivity index (χ0v) is 13.4. The molecule has 0 radical (unpaired) electrons. The fourth-order valence-corrected chi connectivity index (χ4v) is 2.30. The van der Waals surface area contributed by atoms with Crippen molar-refractivity contribution in [3.05, 3.63) is 65.7 Å². The van der Waals surface area contributed by atoms with E-state index < -0.39 is 0 Å². The predicted molar refractivity (Wildman–Crippen MR) is 89.4 cm³/mol. The molecule has 0 aliphatic carbocycles. The first-order valence-corrected chi connectivity index (χ1v) is 7.78. The summed E-state index contributed by atoms with van der Waals surface area (Å²) in [5, 5.41) is 6.89. The van der Waals surface area contributed by atoms with Crippen molar-refractivity contribution >= 4 is 5.97 Å². The average molecular weight is 322 g/mol.